The van der Waals surface area contributed by atoms with E-state index >= 15 is 0 Å². The highest BCUT2D eigenvalue weighted by Gasteiger charge is 2.49. The number of halogens is 1. The van der Waals surface area contributed by atoms with Gasteiger partial charge in [0.1, 0.15) is 12.1 Å². The van der Waals surface area contributed by atoms with Crippen molar-refractivity contribution in [1.29, 1.82) is 0 Å². The second-order valence-electron chi connectivity index (χ2n) is 6.78. The summed E-state index contributed by atoms with van der Waals surface area (Å²) in [5.74, 6) is -1.02. The number of urea groups is 1. The van der Waals surface area contributed by atoms with E-state index < -0.39 is 29.9 Å². The van der Waals surface area contributed by atoms with E-state index in [1.807, 2.05) is 24.3 Å². The standard InChI is InChI=1S/C20H21ClN4O3/c1-3-5-13-7-9-14(10-8-13)20(2)18(27)25(19(28)24-20)12-16(26)23-15-6-4-11-22-17(15)21/h4,6-11H,3,5,12H2,1-2H3,(H,23,26)(H,24,28)/t20-/m1/s1. The molecule has 1 aromatic carbocycles. The Balaban J connectivity index is 1.73. The molecule has 1 aliphatic heterocycles. The number of hydrogen-bond donors (Lipinski definition) is 2. The van der Waals surface area contributed by atoms with Crippen LogP contribution in [0.4, 0.5) is 10.5 Å². The van der Waals surface area contributed by atoms with E-state index in [9.17, 15) is 14.4 Å². The summed E-state index contributed by atoms with van der Waals surface area (Å²) in [4.78, 5) is 42.4. The highest BCUT2D eigenvalue weighted by molar-refractivity contribution is 6.32. The summed E-state index contributed by atoms with van der Waals surface area (Å²) >= 11 is 5.92. The summed E-state index contributed by atoms with van der Waals surface area (Å²) < 4.78 is 0. The Labute approximate surface area is 168 Å². The molecule has 7 nitrogen and oxygen atoms in total. The van der Waals surface area contributed by atoms with Gasteiger partial charge in [0, 0.05) is 6.20 Å². The lowest BCUT2D eigenvalue weighted by molar-refractivity contribution is -0.133. The maximum Gasteiger partial charge on any atom is 0.325 e. The van der Waals surface area contributed by atoms with Gasteiger partial charge in [0.25, 0.3) is 5.91 Å². The summed E-state index contributed by atoms with van der Waals surface area (Å²) in [6.45, 7) is 3.31. The lowest BCUT2D eigenvalue weighted by atomic mass is 9.91. The third kappa shape index (κ3) is 3.84. The van der Waals surface area contributed by atoms with E-state index in [2.05, 4.69) is 22.5 Å². The zero-order valence-corrected chi connectivity index (χ0v) is 16.4. The molecule has 0 spiro atoms. The number of carbonyl (C=O) groups is 3. The minimum Gasteiger partial charge on any atom is -0.322 e. The molecule has 4 amide bonds. The van der Waals surface area contributed by atoms with Crippen LogP contribution in [-0.4, -0.2) is 34.3 Å². The van der Waals surface area contributed by atoms with Crippen molar-refractivity contribution in [3.8, 4) is 0 Å². The van der Waals surface area contributed by atoms with Gasteiger partial charge in [-0.3, -0.25) is 14.5 Å². The van der Waals surface area contributed by atoms with Gasteiger partial charge in [0.15, 0.2) is 5.15 Å². The predicted octanol–water partition coefficient (Wildman–Crippen LogP) is 3.09. The molecule has 1 fully saturated rings. The third-order valence-corrected chi connectivity index (χ3v) is 4.98. The first-order chi connectivity index (χ1) is 13.3. The van der Waals surface area contributed by atoms with Crippen LogP contribution >= 0.6 is 11.6 Å². The number of rotatable bonds is 6. The van der Waals surface area contributed by atoms with Gasteiger partial charge in [-0.2, -0.15) is 0 Å². The van der Waals surface area contributed by atoms with E-state index in [1.54, 1.807) is 19.1 Å². The average Bonchev–Trinajstić information content (AvgIpc) is 2.88. The molecule has 1 aliphatic rings. The number of amides is 4. The first-order valence-corrected chi connectivity index (χ1v) is 9.37. The van der Waals surface area contributed by atoms with Crippen LogP contribution in [0.25, 0.3) is 0 Å². The summed E-state index contributed by atoms with van der Waals surface area (Å²) in [7, 11) is 0. The van der Waals surface area contributed by atoms with Gasteiger partial charge < -0.3 is 10.6 Å². The van der Waals surface area contributed by atoms with Gasteiger partial charge in [-0.05, 0) is 36.6 Å². The minimum absolute atomic E-state index is 0.130. The number of nitrogens with zero attached hydrogens (tertiary/aromatic N) is 2. The van der Waals surface area contributed by atoms with E-state index in [0.29, 0.717) is 11.3 Å². The van der Waals surface area contributed by atoms with Crippen molar-refractivity contribution in [3.63, 3.8) is 0 Å². The molecule has 8 heteroatoms. The Morgan fingerprint density at radius 2 is 1.96 bits per heavy atom. The zero-order chi connectivity index (χ0) is 20.3. The molecule has 1 saturated heterocycles. The summed E-state index contributed by atoms with van der Waals surface area (Å²) in [5.41, 5.74) is 0.934. The Morgan fingerprint density at radius 3 is 2.61 bits per heavy atom. The second-order valence-corrected chi connectivity index (χ2v) is 7.14. The Kier molecular flexibility index (Phi) is 5.65. The number of anilines is 1. The fourth-order valence-electron chi connectivity index (χ4n) is 3.14. The van der Waals surface area contributed by atoms with Crippen LogP contribution in [0.2, 0.25) is 5.15 Å². The van der Waals surface area contributed by atoms with Gasteiger partial charge in [-0.15, -0.1) is 0 Å². The first-order valence-electron chi connectivity index (χ1n) is 8.99. The molecule has 3 rings (SSSR count). The molecule has 1 atom stereocenters. The first kappa shape index (κ1) is 19.8. The maximum absolute atomic E-state index is 12.9. The average molecular weight is 401 g/mol. The second kappa shape index (κ2) is 7.98. The molecule has 28 heavy (non-hydrogen) atoms. The van der Waals surface area contributed by atoms with Gasteiger partial charge in [0.2, 0.25) is 5.91 Å². The molecular weight excluding hydrogens is 380 g/mol. The molecule has 0 bridgehead atoms. The van der Waals surface area contributed by atoms with Crippen molar-refractivity contribution in [2.75, 3.05) is 11.9 Å². The molecule has 2 N–H and O–H groups in total. The molecule has 0 radical (unpaired) electrons. The van der Waals surface area contributed by atoms with Gasteiger partial charge in [0.05, 0.1) is 5.69 Å². The van der Waals surface area contributed by atoms with E-state index in [-0.39, 0.29) is 5.15 Å². The molecule has 1 aromatic heterocycles. The van der Waals surface area contributed by atoms with E-state index in [4.69, 9.17) is 11.6 Å². The topological polar surface area (TPSA) is 91.4 Å². The molecule has 0 aliphatic carbocycles. The van der Waals surface area contributed by atoms with Gasteiger partial charge >= 0.3 is 6.03 Å². The highest BCUT2D eigenvalue weighted by atomic mass is 35.5. The number of benzene rings is 1. The highest BCUT2D eigenvalue weighted by Crippen LogP contribution is 2.29. The fraction of sp³-hybridized carbons (Fsp3) is 0.300. The van der Waals surface area contributed by atoms with Crippen LogP contribution in [0.15, 0.2) is 42.6 Å². The minimum atomic E-state index is -1.21. The van der Waals surface area contributed by atoms with Crippen molar-refractivity contribution in [2.24, 2.45) is 0 Å². The van der Waals surface area contributed by atoms with Crippen LogP contribution in [0, 0.1) is 0 Å². The number of imide groups is 1. The number of aryl methyl sites for hydroxylation is 1. The predicted molar refractivity (Wildman–Crippen MR) is 106 cm³/mol. The molecule has 2 heterocycles. The summed E-state index contributed by atoms with van der Waals surface area (Å²) in [6.07, 6.45) is 3.46. The number of nitrogens with one attached hydrogen (secondary N) is 2. The van der Waals surface area contributed by atoms with Crippen molar-refractivity contribution in [2.45, 2.75) is 32.2 Å². The molecular formula is C20H21ClN4O3. The zero-order valence-electron chi connectivity index (χ0n) is 15.7. The Morgan fingerprint density at radius 1 is 1.25 bits per heavy atom. The van der Waals surface area contributed by atoms with E-state index in [1.165, 1.54) is 6.20 Å². The number of aromatic nitrogens is 1. The lowest BCUT2D eigenvalue weighted by Gasteiger charge is -2.22. The normalized spacial score (nSPS) is 18.9. The van der Waals surface area contributed by atoms with Crippen LogP contribution in [0.1, 0.15) is 31.4 Å². The number of pyridine rings is 1. The van der Waals surface area contributed by atoms with Crippen LogP contribution < -0.4 is 10.6 Å². The molecule has 0 unspecified atom stereocenters. The molecule has 0 saturated carbocycles. The van der Waals surface area contributed by atoms with Crippen molar-refractivity contribution in [3.05, 3.63) is 58.9 Å². The molecule has 146 valence electrons. The largest absolute Gasteiger partial charge is 0.325 e. The van der Waals surface area contributed by atoms with Crippen molar-refractivity contribution >= 4 is 35.1 Å². The van der Waals surface area contributed by atoms with Crippen LogP contribution in [-0.2, 0) is 21.5 Å². The third-order valence-electron chi connectivity index (χ3n) is 4.68. The van der Waals surface area contributed by atoms with Gasteiger partial charge in [-0.25, -0.2) is 9.78 Å². The monoisotopic (exact) mass is 400 g/mol. The molecule has 2 aromatic rings. The SMILES string of the molecule is CCCc1ccc([C@@]2(C)NC(=O)N(CC(=O)Nc3cccnc3Cl)C2=O)cc1. The quantitative estimate of drug-likeness (QED) is 0.575. The Bertz CT molecular complexity index is 916. The number of hydrogen-bond acceptors (Lipinski definition) is 4. The van der Waals surface area contributed by atoms with Crippen molar-refractivity contribution < 1.29 is 14.4 Å². The fourth-order valence-corrected chi connectivity index (χ4v) is 3.31. The summed E-state index contributed by atoms with van der Waals surface area (Å²) in [6, 6.07) is 10.2. The van der Waals surface area contributed by atoms with Crippen molar-refractivity contribution in [1.82, 2.24) is 15.2 Å². The van der Waals surface area contributed by atoms with Crippen LogP contribution in [0.5, 0.6) is 0 Å². The maximum atomic E-state index is 12.9. The van der Waals surface area contributed by atoms with Gasteiger partial charge in [-0.1, -0.05) is 49.2 Å². The van der Waals surface area contributed by atoms with Crippen LogP contribution in [0.3, 0.4) is 0 Å². The number of carbonyl (C=O) groups excluding carboxylic acids is 3. The lowest BCUT2D eigenvalue weighted by Crippen LogP contribution is -2.42. The summed E-state index contributed by atoms with van der Waals surface area (Å²) in [5, 5.41) is 5.39. The Hall–Kier alpha value is -2.93. The smallest absolute Gasteiger partial charge is 0.322 e. The van der Waals surface area contributed by atoms with E-state index in [0.717, 1.165) is 23.3 Å².